The minimum atomic E-state index is 0.0596. The molecule has 1 fully saturated rings. The molecule has 0 aromatic rings. The first-order chi connectivity index (χ1) is 6.63. The van der Waals surface area contributed by atoms with Crippen LogP contribution < -0.4 is 11.1 Å². The molecule has 0 heterocycles. The van der Waals surface area contributed by atoms with Gasteiger partial charge in [-0.3, -0.25) is 4.79 Å². The second-order valence-corrected chi connectivity index (χ2v) is 4.19. The van der Waals surface area contributed by atoms with Gasteiger partial charge in [0.1, 0.15) is 0 Å². The summed E-state index contributed by atoms with van der Waals surface area (Å²) < 4.78 is 0. The Labute approximate surface area is 84.9 Å². The number of rotatable bonds is 4. The van der Waals surface area contributed by atoms with Crippen molar-refractivity contribution in [2.75, 3.05) is 6.61 Å². The molecule has 0 spiro atoms. The molecule has 1 aliphatic rings. The van der Waals surface area contributed by atoms with Crippen molar-refractivity contribution in [3.05, 3.63) is 0 Å². The lowest BCUT2D eigenvalue weighted by molar-refractivity contribution is -0.125. The number of carbonyl (C=O) groups excluding carboxylic acids is 1. The van der Waals surface area contributed by atoms with Gasteiger partial charge in [-0.2, -0.15) is 0 Å². The van der Waals surface area contributed by atoms with Gasteiger partial charge in [-0.1, -0.05) is 0 Å². The first-order valence-electron chi connectivity index (χ1n) is 5.30. The lowest BCUT2D eigenvalue weighted by atomic mass is 10.1. The monoisotopic (exact) mass is 200 g/mol. The molecule has 3 atom stereocenters. The summed E-state index contributed by atoms with van der Waals surface area (Å²) in [7, 11) is 0. The summed E-state index contributed by atoms with van der Waals surface area (Å²) in [6.45, 7) is 2.02. The number of hydrogen-bond acceptors (Lipinski definition) is 3. The third-order valence-electron chi connectivity index (χ3n) is 2.79. The fourth-order valence-electron chi connectivity index (χ4n) is 1.88. The molecule has 0 radical (unpaired) electrons. The quantitative estimate of drug-likeness (QED) is 0.598. The van der Waals surface area contributed by atoms with Crippen molar-refractivity contribution in [3.63, 3.8) is 0 Å². The molecule has 4 N–H and O–H groups in total. The fraction of sp³-hybridized carbons (Fsp3) is 0.900. The molecule has 82 valence electrons. The van der Waals surface area contributed by atoms with Gasteiger partial charge in [0, 0.05) is 24.6 Å². The van der Waals surface area contributed by atoms with Crippen LogP contribution in [0, 0.1) is 5.92 Å². The summed E-state index contributed by atoms with van der Waals surface area (Å²) in [5.74, 6) is 0.185. The predicted molar refractivity (Wildman–Crippen MR) is 54.6 cm³/mol. The van der Waals surface area contributed by atoms with Crippen molar-refractivity contribution in [2.24, 2.45) is 11.7 Å². The number of aliphatic hydroxyl groups is 1. The maximum absolute atomic E-state index is 11.6. The molecule has 0 bridgehead atoms. The maximum atomic E-state index is 11.6. The standard InChI is InChI=1S/C10H20N2O2/c1-7(4-5-13)12-10(14)8-2-3-9(11)6-8/h7-9,13H,2-6,11H2,1H3,(H,12,14). The predicted octanol–water partition coefficient (Wildman–Crippen LogP) is 0.000900. The summed E-state index contributed by atoms with van der Waals surface area (Å²) in [4.78, 5) is 11.6. The molecular weight excluding hydrogens is 180 g/mol. The van der Waals surface area contributed by atoms with Crippen LogP contribution in [-0.4, -0.2) is 29.7 Å². The topological polar surface area (TPSA) is 75.3 Å². The summed E-state index contributed by atoms with van der Waals surface area (Å²) in [5, 5.41) is 11.6. The average Bonchev–Trinajstić information content (AvgIpc) is 2.52. The summed E-state index contributed by atoms with van der Waals surface area (Å²) in [6.07, 6.45) is 3.27. The number of nitrogens with two attached hydrogens (primary N) is 1. The van der Waals surface area contributed by atoms with E-state index >= 15 is 0 Å². The van der Waals surface area contributed by atoms with E-state index in [0.717, 1.165) is 19.3 Å². The molecule has 0 aromatic heterocycles. The number of nitrogens with one attached hydrogen (secondary N) is 1. The van der Waals surface area contributed by atoms with E-state index in [-0.39, 0.29) is 30.5 Å². The van der Waals surface area contributed by atoms with Gasteiger partial charge < -0.3 is 16.2 Å². The molecule has 0 saturated heterocycles. The summed E-state index contributed by atoms with van der Waals surface area (Å²) >= 11 is 0. The maximum Gasteiger partial charge on any atom is 0.223 e. The Morgan fingerprint density at radius 1 is 1.64 bits per heavy atom. The minimum Gasteiger partial charge on any atom is -0.396 e. The van der Waals surface area contributed by atoms with Crippen LogP contribution in [0.15, 0.2) is 0 Å². The Balaban J connectivity index is 2.27. The van der Waals surface area contributed by atoms with Crippen LogP contribution in [0.1, 0.15) is 32.6 Å². The largest absolute Gasteiger partial charge is 0.396 e. The molecule has 4 nitrogen and oxygen atoms in total. The first-order valence-corrected chi connectivity index (χ1v) is 5.30. The zero-order chi connectivity index (χ0) is 10.6. The Morgan fingerprint density at radius 2 is 2.36 bits per heavy atom. The van der Waals surface area contributed by atoms with Crippen LogP contribution in [0.5, 0.6) is 0 Å². The Hall–Kier alpha value is -0.610. The van der Waals surface area contributed by atoms with Gasteiger partial charge in [0.2, 0.25) is 5.91 Å². The molecular formula is C10H20N2O2. The molecule has 4 heteroatoms. The molecule has 1 amide bonds. The number of aliphatic hydroxyl groups excluding tert-OH is 1. The Morgan fingerprint density at radius 3 is 2.86 bits per heavy atom. The first kappa shape index (κ1) is 11.5. The molecule has 1 rings (SSSR count). The van der Waals surface area contributed by atoms with Gasteiger partial charge in [-0.15, -0.1) is 0 Å². The normalized spacial score (nSPS) is 28.8. The van der Waals surface area contributed by atoms with E-state index in [9.17, 15) is 4.79 Å². The minimum absolute atomic E-state index is 0.0596. The van der Waals surface area contributed by atoms with Crippen molar-refractivity contribution >= 4 is 5.91 Å². The van der Waals surface area contributed by atoms with E-state index < -0.39 is 0 Å². The molecule has 1 aliphatic carbocycles. The molecule has 14 heavy (non-hydrogen) atoms. The fourth-order valence-corrected chi connectivity index (χ4v) is 1.88. The van der Waals surface area contributed by atoms with E-state index in [1.807, 2.05) is 6.92 Å². The molecule has 1 saturated carbocycles. The van der Waals surface area contributed by atoms with Crippen molar-refractivity contribution in [2.45, 2.75) is 44.7 Å². The van der Waals surface area contributed by atoms with Gasteiger partial charge in [-0.05, 0) is 32.6 Å². The third-order valence-corrected chi connectivity index (χ3v) is 2.79. The highest BCUT2D eigenvalue weighted by Gasteiger charge is 2.28. The van der Waals surface area contributed by atoms with E-state index in [0.29, 0.717) is 6.42 Å². The van der Waals surface area contributed by atoms with Crippen molar-refractivity contribution in [1.82, 2.24) is 5.32 Å². The summed E-state index contributed by atoms with van der Waals surface area (Å²) in [6, 6.07) is 0.253. The lowest BCUT2D eigenvalue weighted by Crippen LogP contribution is -2.37. The zero-order valence-electron chi connectivity index (χ0n) is 8.70. The number of hydrogen-bond donors (Lipinski definition) is 3. The summed E-state index contributed by atoms with van der Waals surface area (Å²) in [5.41, 5.74) is 5.73. The van der Waals surface area contributed by atoms with Crippen LogP contribution >= 0.6 is 0 Å². The SMILES string of the molecule is CC(CCO)NC(=O)C1CCC(N)C1. The lowest BCUT2D eigenvalue weighted by Gasteiger charge is -2.15. The molecule has 0 aliphatic heterocycles. The van der Waals surface area contributed by atoms with Gasteiger partial charge in [-0.25, -0.2) is 0 Å². The van der Waals surface area contributed by atoms with Crippen molar-refractivity contribution < 1.29 is 9.90 Å². The highest BCUT2D eigenvalue weighted by atomic mass is 16.3. The smallest absolute Gasteiger partial charge is 0.223 e. The highest BCUT2D eigenvalue weighted by molar-refractivity contribution is 5.79. The third kappa shape index (κ3) is 3.27. The highest BCUT2D eigenvalue weighted by Crippen LogP contribution is 2.24. The zero-order valence-corrected chi connectivity index (χ0v) is 8.70. The van der Waals surface area contributed by atoms with Gasteiger partial charge in [0.25, 0.3) is 0 Å². The second kappa shape index (κ2) is 5.32. The van der Waals surface area contributed by atoms with Crippen LogP contribution in [0.4, 0.5) is 0 Å². The van der Waals surface area contributed by atoms with E-state index in [1.165, 1.54) is 0 Å². The molecule has 0 aromatic carbocycles. The number of carbonyl (C=O) groups is 1. The van der Waals surface area contributed by atoms with Gasteiger partial charge in [0.05, 0.1) is 0 Å². The van der Waals surface area contributed by atoms with E-state index in [4.69, 9.17) is 10.8 Å². The van der Waals surface area contributed by atoms with Crippen LogP contribution in [-0.2, 0) is 4.79 Å². The second-order valence-electron chi connectivity index (χ2n) is 4.19. The van der Waals surface area contributed by atoms with Crippen molar-refractivity contribution in [3.8, 4) is 0 Å². The number of amides is 1. The Kier molecular flexibility index (Phi) is 4.35. The van der Waals surface area contributed by atoms with Crippen LogP contribution in [0.3, 0.4) is 0 Å². The van der Waals surface area contributed by atoms with Gasteiger partial charge >= 0.3 is 0 Å². The average molecular weight is 200 g/mol. The molecule has 3 unspecified atom stereocenters. The Bertz CT molecular complexity index is 197. The van der Waals surface area contributed by atoms with Crippen LogP contribution in [0.2, 0.25) is 0 Å². The van der Waals surface area contributed by atoms with Crippen molar-refractivity contribution in [1.29, 1.82) is 0 Å². The van der Waals surface area contributed by atoms with Crippen LogP contribution in [0.25, 0.3) is 0 Å². The van der Waals surface area contributed by atoms with E-state index in [2.05, 4.69) is 5.32 Å². The van der Waals surface area contributed by atoms with Gasteiger partial charge in [0.15, 0.2) is 0 Å². The van der Waals surface area contributed by atoms with E-state index in [1.54, 1.807) is 0 Å².